The van der Waals surface area contributed by atoms with Gasteiger partial charge in [-0.3, -0.25) is 19.3 Å². The lowest BCUT2D eigenvalue weighted by molar-refractivity contribution is -0.153. The van der Waals surface area contributed by atoms with E-state index >= 15 is 0 Å². The Bertz CT molecular complexity index is 693. The van der Waals surface area contributed by atoms with Crippen molar-refractivity contribution in [3.8, 4) is 0 Å². The van der Waals surface area contributed by atoms with Gasteiger partial charge in [0.15, 0.2) is 11.5 Å². The number of allylic oxidation sites excluding steroid dienone is 2. The maximum absolute atomic E-state index is 12.8. The summed E-state index contributed by atoms with van der Waals surface area (Å²) in [5.41, 5.74) is 0.469. The number of fused-ring (bicyclic) bond motifs is 3. The maximum atomic E-state index is 12.8. The van der Waals surface area contributed by atoms with Crippen LogP contribution in [0.15, 0.2) is 22.5 Å². The van der Waals surface area contributed by atoms with Crippen LogP contribution >= 0.6 is 0 Å². The molecule has 0 saturated carbocycles. The van der Waals surface area contributed by atoms with E-state index in [1.165, 1.54) is 18.9 Å². The second-order valence-corrected chi connectivity index (χ2v) is 6.33. The number of ketones is 2. The number of hydrogen-bond acceptors (Lipinski definition) is 6. The van der Waals surface area contributed by atoms with Crippen LogP contribution in [0.1, 0.15) is 13.8 Å². The summed E-state index contributed by atoms with van der Waals surface area (Å²) in [6.07, 6.45) is -1.32. The molecule has 2 bridgehead atoms. The Morgan fingerprint density at radius 2 is 1.65 bits per heavy atom. The molecule has 4 atom stereocenters. The summed E-state index contributed by atoms with van der Waals surface area (Å²) in [5, 5.41) is 10.6. The van der Waals surface area contributed by atoms with Crippen LogP contribution in [-0.2, 0) is 19.1 Å². The highest BCUT2D eigenvalue weighted by atomic mass is 16.5. The van der Waals surface area contributed by atoms with Gasteiger partial charge in [-0.1, -0.05) is 0 Å². The van der Waals surface area contributed by atoms with Crippen molar-refractivity contribution < 1.29 is 24.2 Å². The number of amides is 1. The molecule has 3 aliphatic rings. The largest absolute Gasteiger partial charge is 0.492 e. The molecule has 23 heavy (non-hydrogen) atoms. The zero-order valence-corrected chi connectivity index (χ0v) is 13.8. The molecule has 1 fully saturated rings. The molecule has 0 aromatic heterocycles. The van der Waals surface area contributed by atoms with E-state index in [2.05, 4.69) is 0 Å². The number of ether oxygens (including phenoxy) is 1. The van der Waals surface area contributed by atoms with Gasteiger partial charge in [0.05, 0.1) is 13.2 Å². The Labute approximate surface area is 134 Å². The van der Waals surface area contributed by atoms with Crippen LogP contribution in [0.3, 0.4) is 0 Å². The lowest BCUT2D eigenvalue weighted by Crippen LogP contribution is -2.71. The van der Waals surface area contributed by atoms with Gasteiger partial charge in [0.2, 0.25) is 11.7 Å². The molecule has 0 aromatic rings. The minimum atomic E-state index is -1.32. The lowest BCUT2D eigenvalue weighted by Gasteiger charge is -2.53. The molecule has 0 aromatic carbocycles. The van der Waals surface area contributed by atoms with Gasteiger partial charge in [0.25, 0.3) is 0 Å². The Morgan fingerprint density at radius 3 is 2.22 bits per heavy atom. The van der Waals surface area contributed by atoms with Gasteiger partial charge in [-0.15, -0.1) is 0 Å². The number of methoxy groups -OCH3 is 1. The molecular formula is C16H20N2O5. The monoisotopic (exact) mass is 320 g/mol. The van der Waals surface area contributed by atoms with Crippen molar-refractivity contribution in [2.45, 2.75) is 38.1 Å². The molecule has 2 aliphatic heterocycles. The number of nitrogens with zero attached hydrogens (tertiary/aromatic N) is 2. The topological polar surface area (TPSA) is 87.2 Å². The molecule has 7 heteroatoms. The zero-order chi connectivity index (χ0) is 17.2. The molecule has 0 radical (unpaired) electrons. The first kappa shape index (κ1) is 15.9. The fraction of sp³-hybridized carbons (Fsp3) is 0.562. The number of aliphatic hydroxyl groups is 1. The Kier molecular flexibility index (Phi) is 3.46. The van der Waals surface area contributed by atoms with Crippen molar-refractivity contribution in [2.75, 3.05) is 21.2 Å². The number of carbonyl (C=O) groups is 3. The summed E-state index contributed by atoms with van der Waals surface area (Å²) in [6, 6.07) is -1.60. The van der Waals surface area contributed by atoms with Crippen molar-refractivity contribution in [1.82, 2.24) is 9.80 Å². The number of piperazine rings is 1. The SMILES string of the molecule is COC1=C(C)C(=O)C2=C(C1=O)[C@@H]1[C@H](C)N(C)C(=O)[C@H]([C@H]2O)N1C. The fourth-order valence-corrected chi connectivity index (χ4v) is 3.94. The molecule has 124 valence electrons. The first-order chi connectivity index (χ1) is 10.7. The zero-order valence-electron chi connectivity index (χ0n) is 13.8. The first-order valence-corrected chi connectivity index (χ1v) is 7.49. The molecule has 0 unspecified atom stereocenters. The van der Waals surface area contributed by atoms with Crippen LogP contribution in [0, 0.1) is 0 Å². The van der Waals surface area contributed by atoms with Gasteiger partial charge in [-0.25, -0.2) is 0 Å². The molecule has 1 aliphatic carbocycles. The summed E-state index contributed by atoms with van der Waals surface area (Å²) >= 11 is 0. The predicted molar refractivity (Wildman–Crippen MR) is 80.3 cm³/mol. The van der Waals surface area contributed by atoms with E-state index in [1.807, 2.05) is 6.92 Å². The number of rotatable bonds is 1. The standard InChI is InChI=1S/C16H20N2O5/c1-6-12(19)9-8(14(21)15(6)23-5)10-7(2)17(3)16(22)11(13(9)20)18(10)4/h7,10-11,13,20H,1-5H3/t7-,10-,11-,13-/m0/s1. The number of likely N-dealkylation sites (N-methyl/N-ethyl adjacent to an activating group) is 2. The van der Waals surface area contributed by atoms with Crippen molar-refractivity contribution >= 4 is 17.5 Å². The minimum absolute atomic E-state index is 0.0135. The maximum Gasteiger partial charge on any atom is 0.243 e. The first-order valence-electron chi connectivity index (χ1n) is 7.49. The van der Waals surface area contributed by atoms with Crippen LogP contribution in [0.4, 0.5) is 0 Å². The molecular weight excluding hydrogens is 300 g/mol. The second kappa shape index (κ2) is 5.01. The van der Waals surface area contributed by atoms with E-state index in [9.17, 15) is 19.5 Å². The highest BCUT2D eigenvalue weighted by Crippen LogP contribution is 2.41. The number of aliphatic hydroxyl groups excluding tert-OH is 1. The third-order valence-electron chi connectivity index (χ3n) is 5.31. The molecule has 7 nitrogen and oxygen atoms in total. The Morgan fingerprint density at radius 1 is 1.04 bits per heavy atom. The highest BCUT2D eigenvalue weighted by Gasteiger charge is 2.56. The normalized spacial score (nSPS) is 35.0. The lowest BCUT2D eigenvalue weighted by atomic mass is 9.73. The van der Waals surface area contributed by atoms with E-state index in [0.717, 1.165) is 0 Å². The summed E-state index contributed by atoms with van der Waals surface area (Å²) in [4.78, 5) is 41.2. The minimum Gasteiger partial charge on any atom is -0.492 e. The van der Waals surface area contributed by atoms with Crippen molar-refractivity contribution in [1.29, 1.82) is 0 Å². The van der Waals surface area contributed by atoms with Crippen molar-refractivity contribution in [3.63, 3.8) is 0 Å². The molecule has 1 amide bonds. The Balaban J connectivity index is 2.25. The second-order valence-electron chi connectivity index (χ2n) is 6.33. The van der Waals surface area contributed by atoms with E-state index in [-0.39, 0.29) is 40.2 Å². The van der Waals surface area contributed by atoms with Gasteiger partial charge in [-0.05, 0) is 20.9 Å². The van der Waals surface area contributed by atoms with E-state index in [4.69, 9.17) is 4.74 Å². The Hall–Kier alpha value is -1.99. The number of Topliss-reactive ketones (excluding diaryl/α,β-unsaturated/α-hetero) is 2. The number of hydrogen-bond donors (Lipinski definition) is 1. The van der Waals surface area contributed by atoms with Crippen LogP contribution in [-0.4, -0.2) is 77.8 Å². The fourth-order valence-electron chi connectivity index (χ4n) is 3.94. The van der Waals surface area contributed by atoms with Gasteiger partial charge in [-0.2, -0.15) is 0 Å². The molecule has 1 N–H and O–H groups in total. The third-order valence-corrected chi connectivity index (χ3v) is 5.31. The van der Waals surface area contributed by atoms with Crippen molar-refractivity contribution in [2.24, 2.45) is 0 Å². The van der Waals surface area contributed by atoms with Crippen LogP contribution in [0.5, 0.6) is 0 Å². The molecule has 0 spiro atoms. The smallest absolute Gasteiger partial charge is 0.243 e. The van der Waals surface area contributed by atoms with Crippen LogP contribution in [0.25, 0.3) is 0 Å². The van der Waals surface area contributed by atoms with E-state index in [1.54, 1.807) is 19.0 Å². The van der Waals surface area contributed by atoms with Crippen molar-refractivity contribution in [3.05, 3.63) is 22.5 Å². The summed E-state index contributed by atoms with van der Waals surface area (Å²) in [6.45, 7) is 3.33. The van der Waals surface area contributed by atoms with E-state index < -0.39 is 24.0 Å². The highest BCUT2D eigenvalue weighted by molar-refractivity contribution is 6.25. The number of carbonyl (C=O) groups excluding carboxylic acids is 3. The summed E-state index contributed by atoms with van der Waals surface area (Å²) in [5.74, 6) is -1.05. The quantitative estimate of drug-likeness (QED) is 0.640. The molecule has 3 rings (SSSR count). The van der Waals surface area contributed by atoms with Gasteiger partial charge in [0.1, 0.15) is 12.1 Å². The predicted octanol–water partition coefficient (Wildman–Crippen LogP) is -0.741. The van der Waals surface area contributed by atoms with Gasteiger partial charge >= 0.3 is 0 Å². The summed E-state index contributed by atoms with van der Waals surface area (Å²) in [7, 11) is 4.69. The summed E-state index contributed by atoms with van der Waals surface area (Å²) < 4.78 is 5.12. The van der Waals surface area contributed by atoms with Crippen LogP contribution in [0.2, 0.25) is 0 Å². The average Bonchev–Trinajstić information content (AvgIpc) is 2.50. The van der Waals surface area contributed by atoms with E-state index in [0.29, 0.717) is 0 Å². The average molecular weight is 320 g/mol. The van der Waals surface area contributed by atoms with Gasteiger partial charge in [0, 0.05) is 29.8 Å². The molecule has 2 heterocycles. The third kappa shape index (κ3) is 1.80. The molecule has 1 saturated heterocycles. The van der Waals surface area contributed by atoms with Crippen LogP contribution < -0.4 is 0 Å². The van der Waals surface area contributed by atoms with Gasteiger partial charge < -0.3 is 14.7 Å².